The van der Waals surface area contributed by atoms with E-state index in [0.717, 1.165) is 33.5 Å². The van der Waals surface area contributed by atoms with E-state index in [1.165, 1.54) is 0 Å². The van der Waals surface area contributed by atoms with Crippen LogP contribution in [0.5, 0.6) is 0 Å². The molecule has 3 aromatic rings. The maximum atomic E-state index is 5.83. The molecule has 0 amide bonds. The third kappa shape index (κ3) is 2.73. The van der Waals surface area contributed by atoms with Gasteiger partial charge in [0.15, 0.2) is 10.7 Å². The van der Waals surface area contributed by atoms with Crippen molar-refractivity contribution in [3.8, 4) is 11.5 Å². The highest BCUT2D eigenvalue weighted by Crippen LogP contribution is 2.28. The minimum absolute atomic E-state index is 0.239. The first-order chi connectivity index (χ1) is 10.0. The first-order valence-corrected chi connectivity index (χ1v) is 6.98. The zero-order chi connectivity index (χ0) is 15.0. The molecule has 4 nitrogen and oxygen atoms in total. The molecule has 3 N–H and O–H groups in total. The van der Waals surface area contributed by atoms with Crippen LogP contribution in [0, 0.1) is 13.8 Å². The highest BCUT2D eigenvalue weighted by atomic mass is 32.1. The van der Waals surface area contributed by atoms with Gasteiger partial charge in [-0.05, 0) is 61.5 Å². The fourth-order valence-corrected chi connectivity index (χ4v) is 2.29. The van der Waals surface area contributed by atoms with Gasteiger partial charge in [0, 0.05) is 11.3 Å². The molecule has 0 saturated carbocycles. The molecule has 0 radical (unpaired) electrons. The standard InChI is InChI=1S/C16H15N3OS/c1-9-3-6-12-14(7-9)20-15(18-12)11-5-4-10(2)13(8-11)19-16(17)21/h3-8H,1-2H3,(H3,17,19,21). The van der Waals surface area contributed by atoms with Crippen molar-refractivity contribution in [1.29, 1.82) is 0 Å². The molecule has 0 unspecified atom stereocenters. The Hall–Kier alpha value is -2.40. The Balaban J connectivity index is 2.07. The van der Waals surface area contributed by atoms with Gasteiger partial charge in [-0.25, -0.2) is 4.98 Å². The quantitative estimate of drug-likeness (QED) is 0.705. The van der Waals surface area contributed by atoms with Gasteiger partial charge in [-0.3, -0.25) is 0 Å². The van der Waals surface area contributed by atoms with Crippen molar-refractivity contribution in [1.82, 2.24) is 4.98 Å². The molecule has 0 aliphatic heterocycles. The number of oxazole rings is 1. The minimum atomic E-state index is 0.239. The molecule has 2 aromatic carbocycles. The highest BCUT2D eigenvalue weighted by molar-refractivity contribution is 7.80. The van der Waals surface area contributed by atoms with E-state index in [-0.39, 0.29) is 5.11 Å². The number of aromatic nitrogens is 1. The van der Waals surface area contributed by atoms with Crippen molar-refractivity contribution >= 4 is 34.1 Å². The first kappa shape index (κ1) is 13.6. The summed E-state index contributed by atoms with van der Waals surface area (Å²) >= 11 is 4.89. The molecule has 106 valence electrons. The zero-order valence-corrected chi connectivity index (χ0v) is 12.6. The predicted molar refractivity (Wildman–Crippen MR) is 89.3 cm³/mol. The van der Waals surface area contributed by atoms with Crippen molar-refractivity contribution in [3.63, 3.8) is 0 Å². The van der Waals surface area contributed by atoms with E-state index in [2.05, 4.69) is 10.3 Å². The van der Waals surface area contributed by atoms with Gasteiger partial charge in [0.05, 0.1) is 0 Å². The maximum Gasteiger partial charge on any atom is 0.227 e. The Bertz CT molecular complexity index is 839. The van der Waals surface area contributed by atoms with Gasteiger partial charge >= 0.3 is 0 Å². The van der Waals surface area contributed by atoms with E-state index in [0.29, 0.717) is 5.89 Å². The van der Waals surface area contributed by atoms with Crippen molar-refractivity contribution in [3.05, 3.63) is 47.5 Å². The number of aryl methyl sites for hydroxylation is 2. The van der Waals surface area contributed by atoms with Crippen LogP contribution in [0.1, 0.15) is 11.1 Å². The third-order valence-corrected chi connectivity index (χ3v) is 3.39. The van der Waals surface area contributed by atoms with Crippen LogP contribution in [0.15, 0.2) is 40.8 Å². The summed E-state index contributed by atoms with van der Waals surface area (Å²) in [4.78, 5) is 4.52. The number of nitrogens with one attached hydrogen (secondary N) is 1. The van der Waals surface area contributed by atoms with E-state index in [1.54, 1.807) is 0 Å². The molecule has 0 spiro atoms. The summed E-state index contributed by atoms with van der Waals surface area (Å²) in [6.45, 7) is 4.01. The van der Waals surface area contributed by atoms with E-state index in [4.69, 9.17) is 22.4 Å². The summed E-state index contributed by atoms with van der Waals surface area (Å²) in [7, 11) is 0. The summed E-state index contributed by atoms with van der Waals surface area (Å²) in [6, 6.07) is 11.8. The second kappa shape index (κ2) is 5.18. The van der Waals surface area contributed by atoms with Crippen LogP contribution in [0.25, 0.3) is 22.6 Å². The number of nitrogens with zero attached hydrogens (tertiary/aromatic N) is 1. The number of anilines is 1. The van der Waals surface area contributed by atoms with Crippen molar-refractivity contribution in [2.45, 2.75) is 13.8 Å². The van der Waals surface area contributed by atoms with Crippen LogP contribution in [-0.4, -0.2) is 10.1 Å². The predicted octanol–water partition coefficient (Wildman–Crippen LogP) is 3.77. The molecule has 0 aliphatic carbocycles. The van der Waals surface area contributed by atoms with Gasteiger partial charge < -0.3 is 15.5 Å². The Kier molecular flexibility index (Phi) is 3.35. The lowest BCUT2D eigenvalue weighted by atomic mass is 10.1. The fraction of sp³-hybridized carbons (Fsp3) is 0.125. The van der Waals surface area contributed by atoms with Crippen LogP contribution < -0.4 is 11.1 Å². The maximum absolute atomic E-state index is 5.83. The molecule has 0 bridgehead atoms. The fourth-order valence-electron chi connectivity index (χ4n) is 2.18. The smallest absolute Gasteiger partial charge is 0.227 e. The Morgan fingerprint density at radius 3 is 2.76 bits per heavy atom. The average Bonchev–Trinajstić information content (AvgIpc) is 2.83. The van der Waals surface area contributed by atoms with Crippen LogP contribution in [0.4, 0.5) is 5.69 Å². The number of nitrogens with two attached hydrogens (primary N) is 1. The lowest BCUT2D eigenvalue weighted by Gasteiger charge is -2.08. The number of thiocarbonyl (C=S) groups is 1. The van der Waals surface area contributed by atoms with Gasteiger partial charge in [0.2, 0.25) is 5.89 Å². The van der Waals surface area contributed by atoms with E-state index < -0.39 is 0 Å². The van der Waals surface area contributed by atoms with Crippen molar-refractivity contribution in [2.24, 2.45) is 5.73 Å². The lowest BCUT2D eigenvalue weighted by Crippen LogP contribution is -2.19. The van der Waals surface area contributed by atoms with Crippen LogP contribution in [0.3, 0.4) is 0 Å². The molecule has 1 aromatic heterocycles. The Morgan fingerprint density at radius 2 is 2.00 bits per heavy atom. The van der Waals surface area contributed by atoms with Crippen molar-refractivity contribution < 1.29 is 4.42 Å². The van der Waals surface area contributed by atoms with Gasteiger partial charge in [0.1, 0.15) is 5.52 Å². The summed E-state index contributed by atoms with van der Waals surface area (Å²) in [6.07, 6.45) is 0. The molecule has 5 heteroatoms. The minimum Gasteiger partial charge on any atom is -0.436 e. The lowest BCUT2D eigenvalue weighted by molar-refractivity contribution is 0.619. The molecule has 3 rings (SSSR count). The van der Waals surface area contributed by atoms with Gasteiger partial charge in [0.25, 0.3) is 0 Å². The normalized spacial score (nSPS) is 10.8. The van der Waals surface area contributed by atoms with Crippen LogP contribution >= 0.6 is 12.2 Å². The van der Waals surface area contributed by atoms with E-state index in [1.807, 2.05) is 50.2 Å². The van der Waals surface area contributed by atoms with Gasteiger partial charge in [-0.15, -0.1) is 0 Å². The second-order valence-electron chi connectivity index (χ2n) is 5.01. The van der Waals surface area contributed by atoms with Crippen LogP contribution in [0.2, 0.25) is 0 Å². The summed E-state index contributed by atoms with van der Waals surface area (Å²) in [5.74, 6) is 0.585. The summed E-state index contributed by atoms with van der Waals surface area (Å²) in [5, 5.41) is 3.21. The monoisotopic (exact) mass is 297 g/mol. The molecule has 0 fully saturated rings. The Labute approximate surface area is 128 Å². The average molecular weight is 297 g/mol. The first-order valence-electron chi connectivity index (χ1n) is 6.57. The molecule has 21 heavy (non-hydrogen) atoms. The largest absolute Gasteiger partial charge is 0.436 e. The summed E-state index contributed by atoms with van der Waals surface area (Å²) < 4.78 is 5.83. The third-order valence-electron chi connectivity index (χ3n) is 3.29. The van der Waals surface area contributed by atoms with Crippen LogP contribution in [-0.2, 0) is 0 Å². The highest BCUT2D eigenvalue weighted by Gasteiger charge is 2.10. The number of hydrogen-bond donors (Lipinski definition) is 2. The molecule has 0 saturated heterocycles. The number of hydrogen-bond acceptors (Lipinski definition) is 3. The van der Waals surface area contributed by atoms with E-state index >= 15 is 0 Å². The van der Waals surface area contributed by atoms with E-state index in [9.17, 15) is 0 Å². The number of rotatable bonds is 2. The Morgan fingerprint density at radius 1 is 1.19 bits per heavy atom. The molecule has 0 aliphatic rings. The van der Waals surface area contributed by atoms with Gasteiger partial charge in [-0.1, -0.05) is 12.1 Å². The summed E-state index contributed by atoms with van der Waals surface area (Å²) in [5.41, 5.74) is 11.1. The number of benzene rings is 2. The van der Waals surface area contributed by atoms with Crippen molar-refractivity contribution in [2.75, 3.05) is 5.32 Å². The zero-order valence-electron chi connectivity index (χ0n) is 11.8. The SMILES string of the molecule is Cc1ccc2nc(-c3ccc(C)c(NC(N)=S)c3)oc2c1. The molecule has 1 heterocycles. The molecular formula is C16H15N3OS. The van der Waals surface area contributed by atoms with Gasteiger partial charge in [-0.2, -0.15) is 0 Å². The second-order valence-corrected chi connectivity index (χ2v) is 5.45. The molecular weight excluding hydrogens is 282 g/mol. The topological polar surface area (TPSA) is 64.1 Å². The number of fused-ring (bicyclic) bond motifs is 1. The molecule has 0 atom stereocenters.